The quantitative estimate of drug-likeness (QED) is 0.840. The fourth-order valence-electron chi connectivity index (χ4n) is 2.04. The summed E-state index contributed by atoms with van der Waals surface area (Å²) in [5, 5.41) is 8.93. The Morgan fingerprint density at radius 1 is 1.59 bits per heavy atom. The first-order valence-electron chi connectivity index (χ1n) is 5.55. The van der Waals surface area contributed by atoms with Crippen LogP contribution in [0.4, 0.5) is 5.69 Å². The number of hydrogen-bond donors (Lipinski definition) is 1. The minimum Gasteiger partial charge on any atom is -0.477 e. The third-order valence-electron chi connectivity index (χ3n) is 2.92. The van der Waals surface area contributed by atoms with Gasteiger partial charge < -0.3 is 14.7 Å². The Labute approximate surface area is 100 Å². The summed E-state index contributed by atoms with van der Waals surface area (Å²) in [6, 6.07) is 3.44. The van der Waals surface area contributed by atoms with E-state index in [1.165, 1.54) is 6.20 Å². The van der Waals surface area contributed by atoms with E-state index in [0.717, 1.165) is 12.2 Å². The van der Waals surface area contributed by atoms with E-state index in [4.69, 9.17) is 9.84 Å². The number of carboxylic acids is 1. The molecule has 1 fully saturated rings. The molecule has 2 heterocycles. The van der Waals surface area contributed by atoms with Gasteiger partial charge in [0.1, 0.15) is 5.69 Å². The molecular weight excluding hydrogens is 220 g/mol. The lowest BCUT2D eigenvalue weighted by atomic mass is 10.0. The Kier molecular flexibility index (Phi) is 3.02. The van der Waals surface area contributed by atoms with Gasteiger partial charge in [-0.25, -0.2) is 9.78 Å². The number of carboxylic acid groups (broad SMARTS) is 1. The molecule has 0 unspecified atom stereocenters. The molecule has 5 nitrogen and oxygen atoms in total. The third-order valence-corrected chi connectivity index (χ3v) is 2.92. The van der Waals surface area contributed by atoms with E-state index in [1.54, 1.807) is 6.07 Å². The van der Waals surface area contributed by atoms with Crippen molar-refractivity contribution >= 4 is 11.7 Å². The molecule has 5 heteroatoms. The van der Waals surface area contributed by atoms with Crippen molar-refractivity contribution < 1.29 is 14.6 Å². The van der Waals surface area contributed by atoms with E-state index in [-0.39, 0.29) is 11.2 Å². The molecule has 1 N–H and O–H groups in total. The highest BCUT2D eigenvalue weighted by atomic mass is 16.5. The Morgan fingerprint density at radius 3 is 3.00 bits per heavy atom. The minimum atomic E-state index is -1.00. The summed E-state index contributed by atoms with van der Waals surface area (Å²) in [6.07, 6.45) is 1.53. The van der Waals surface area contributed by atoms with Crippen molar-refractivity contribution in [1.29, 1.82) is 0 Å². The molecule has 0 saturated carbocycles. The normalized spacial score (nSPS) is 19.1. The van der Waals surface area contributed by atoms with Gasteiger partial charge in [0, 0.05) is 18.4 Å². The van der Waals surface area contributed by atoms with E-state index in [0.29, 0.717) is 13.2 Å². The third kappa shape index (κ3) is 2.39. The number of rotatable bonds is 2. The van der Waals surface area contributed by atoms with Crippen LogP contribution in [-0.4, -0.2) is 41.4 Å². The molecule has 1 aliphatic heterocycles. The van der Waals surface area contributed by atoms with Gasteiger partial charge in [-0.2, -0.15) is 0 Å². The molecule has 1 aromatic rings. The van der Waals surface area contributed by atoms with Crippen LogP contribution in [0.25, 0.3) is 0 Å². The highest BCUT2D eigenvalue weighted by Gasteiger charge is 2.30. The van der Waals surface area contributed by atoms with Crippen molar-refractivity contribution in [2.24, 2.45) is 0 Å². The maximum absolute atomic E-state index is 10.9. The first-order valence-corrected chi connectivity index (χ1v) is 5.55. The van der Waals surface area contributed by atoms with Crippen LogP contribution in [0.5, 0.6) is 0 Å². The molecule has 92 valence electrons. The number of carbonyl (C=O) groups is 1. The number of aromatic nitrogens is 1. The van der Waals surface area contributed by atoms with Crippen molar-refractivity contribution in [2.75, 3.05) is 24.7 Å². The summed E-state index contributed by atoms with van der Waals surface area (Å²) in [6.45, 7) is 6.21. The number of ether oxygens (including phenoxy) is 1. The Morgan fingerprint density at radius 2 is 2.35 bits per heavy atom. The number of hydrogen-bond acceptors (Lipinski definition) is 4. The number of anilines is 1. The zero-order valence-corrected chi connectivity index (χ0v) is 10.0. The van der Waals surface area contributed by atoms with Gasteiger partial charge in [-0.15, -0.1) is 0 Å². The van der Waals surface area contributed by atoms with Gasteiger partial charge in [0.05, 0.1) is 18.8 Å². The fraction of sp³-hybridized carbons (Fsp3) is 0.500. The van der Waals surface area contributed by atoms with Crippen LogP contribution in [0.1, 0.15) is 24.3 Å². The zero-order chi connectivity index (χ0) is 12.5. The van der Waals surface area contributed by atoms with Crippen LogP contribution < -0.4 is 4.90 Å². The Balaban J connectivity index is 2.32. The van der Waals surface area contributed by atoms with Gasteiger partial charge in [-0.05, 0) is 26.0 Å². The first-order chi connectivity index (χ1) is 8.00. The summed E-state index contributed by atoms with van der Waals surface area (Å²) < 4.78 is 5.44. The lowest BCUT2D eigenvalue weighted by molar-refractivity contribution is 0.0642. The van der Waals surface area contributed by atoms with Gasteiger partial charge in [0.2, 0.25) is 0 Å². The molecule has 0 aromatic carbocycles. The maximum atomic E-state index is 10.9. The van der Waals surface area contributed by atoms with Gasteiger partial charge in [-0.1, -0.05) is 0 Å². The molecule has 0 radical (unpaired) electrons. The highest BCUT2D eigenvalue weighted by Crippen LogP contribution is 2.26. The van der Waals surface area contributed by atoms with Gasteiger partial charge >= 0.3 is 5.97 Å². The van der Waals surface area contributed by atoms with E-state index >= 15 is 0 Å². The minimum absolute atomic E-state index is 0.0739. The summed E-state index contributed by atoms with van der Waals surface area (Å²) in [7, 11) is 0. The summed E-state index contributed by atoms with van der Waals surface area (Å²) in [5.74, 6) is -1.00. The number of pyridine rings is 1. The molecule has 0 spiro atoms. The van der Waals surface area contributed by atoms with E-state index in [2.05, 4.69) is 23.7 Å². The smallest absolute Gasteiger partial charge is 0.354 e. The summed E-state index contributed by atoms with van der Waals surface area (Å²) in [4.78, 5) is 16.9. The zero-order valence-electron chi connectivity index (χ0n) is 10.0. The largest absolute Gasteiger partial charge is 0.477 e. The molecule has 1 aromatic heterocycles. The lowest BCUT2D eigenvalue weighted by Crippen LogP contribution is -2.53. The van der Waals surface area contributed by atoms with Crippen molar-refractivity contribution in [3.63, 3.8) is 0 Å². The van der Waals surface area contributed by atoms with Crippen molar-refractivity contribution in [1.82, 2.24) is 4.98 Å². The van der Waals surface area contributed by atoms with E-state index < -0.39 is 5.97 Å². The predicted octanol–water partition coefficient (Wildman–Crippen LogP) is 1.40. The van der Waals surface area contributed by atoms with Crippen molar-refractivity contribution in [3.05, 3.63) is 24.0 Å². The van der Waals surface area contributed by atoms with Crippen molar-refractivity contribution in [2.45, 2.75) is 19.4 Å². The summed E-state index contributed by atoms with van der Waals surface area (Å²) in [5.41, 5.74) is 0.825. The van der Waals surface area contributed by atoms with Crippen LogP contribution in [0.3, 0.4) is 0 Å². The molecule has 0 atom stereocenters. The average molecular weight is 236 g/mol. The van der Waals surface area contributed by atoms with E-state index in [1.807, 2.05) is 6.07 Å². The average Bonchev–Trinajstić information content (AvgIpc) is 2.28. The van der Waals surface area contributed by atoms with Crippen LogP contribution in [-0.2, 0) is 4.74 Å². The second-order valence-corrected chi connectivity index (χ2v) is 4.72. The summed E-state index contributed by atoms with van der Waals surface area (Å²) >= 11 is 0. The molecular formula is C12H16N2O3. The van der Waals surface area contributed by atoms with E-state index in [9.17, 15) is 4.79 Å². The Bertz CT molecular complexity index is 432. The lowest BCUT2D eigenvalue weighted by Gasteiger charge is -2.43. The van der Waals surface area contributed by atoms with Crippen LogP contribution in [0.2, 0.25) is 0 Å². The number of aromatic carboxylic acids is 1. The molecule has 0 amide bonds. The van der Waals surface area contributed by atoms with Crippen LogP contribution >= 0.6 is 0 Å². The highest BCUT2D eigenvalue weighted by molar-refractivity contribution is 5.86. The molecule has 0 bridgehead atoms. The monoisotopic (exact) mass is 236 g/mol. The predicted molar refractivity (Wildman–Crippen MR) is 63.4 cm³/mol. The number of morpholine rings is 1. The number of nitrogens with zero attached hydrogens (tertiary/aromatic N) is 2. The molecule has 0 aliphatic carbocycles. The second-order valence-electron chi connectivity index (χ2n) is 4.72. The second kappa shape index (κ2) is 4.33. The molecule has 17 heavy (non-hydrogen) atoms. The Hall–Kier alpha value is -1.62. The van der Waals surface area contributed by atoms with Crippen LogP contribution in [0.15, 0.2) is 18.3 Å². The SMILES string of the molecule is CC1(C)COCCN1c1ccnc(C(=O)O)c1. The topological polar surface area (TPSA) is 62.7 Å². The van der Waals surface area contributed by atoms with Gasteiger partial charge in [0.25, 0.3) is 0 Å². The van der Waals surface area contributed by atoms with Crippen molar-refractivity contribution in [3.8, 4) is 0 Å². The fourth-order valence-corrected chi connectivity index (χ4v) is 2.04. The van der Waals surface area contributed by atoms with Gasteiger partial charge in [0.15, 0.2) is 0 Å². The maximum Gasteiger partial charge on any atom is 0.354 e. The first kappa shape index (κ1) is 11.9. The van der Waals surface area contributed by atoms with Gasteiger partial charge in [-0.3, -0.25) is 0 Å². The van der Waals surface area contributed by atoms with Crippen LogP contribution in [0, 0.1) is 0 Å². The molecule has 1 aliphatic rings. The standard InChI is InChI=1S/C12H16N2O3/c1-12(2)8-17-6-5-14(12)9-3-4-13-10(7-9)11(15)16/h3-4,7H,5-6,8H2,1-2H3,(H,15,16). The molecule has 2 rings (SSSR count). The molecule has 1 saturated heterocycles.